The number of allylic oxidation sites excluding steroid dienone is 2. The van der Waals surface area contributed by atoms with E-state index in [0.29, 0.717) is 16.4 Å². The molecule has 3 aromatic heterocycles. The molecule has 0 saturated carbocycles. The van der Waals surface area contributed by atoms with Gasteiger partial charge in [-0.1, -0.05) is 37.3 Å². The van der Waals surface area contributed by atoms with Crippen LogP contribution in [0.5, 0.6) is 11.8 Å². The number of hydrogen-bond acceptors (Lipinski definition) is 6. The largest absolute Gasteiger partial charge is 0.423 e. The molecule has 3 N–H and O–H groups in total. The molecule has 7 nitrogen and oxygen atoms in total. The number of nitrogens with zero attached hydrogens (tertiary/aromatic N) is 4. The van der Waals surface area contributed by atoms with E-state index >= 15 is 0 Å². The summed E-state index contributed by atoms with van der Waals surface area (Å²) in [5.41, 5.74) is 9.55. The molecule has 30 heavy (non-hydrogen) atoms. The van der Waals surface area contributed by atoms with Gasteiger partial charge in [0.15, 0.2) is 0 Å². The number of aromatic nitrogens is 4. The van der Waals surface area contributed by atoms with Crippen LogP contribution in [0, 0.1) is 6.92 Å². The highest BCUT2D eigenvalue weighted by atomic mass is 35.5. The van der Waals surface area contributed by atoms with Crippen LogP contribution in [0.15, 0.2) is 31.0 Å². The fourth-order valence-corrected chi connectivity index (χ4v) is 3.98. The number of aryl methyl sites for hydroxylation is 2. The molecule has 0 amide bonds. The third kappa shape index (κ3) is 3.91. The lowest BCUT2D eigenvalue weighted by Crippen LogP contribution is -2.27. The maximum absolute atomic E-state index is 6.64. The molecular weight excluding hydrogens is 400 g/mol. The van der Waals surface area contributed by atoms with E-state index in [0.717, 1.165) is 54.1 Å². The van der Waals surface area contributed by atoms with Crippen molar-refractivity contribution in [2.45, 2.75) is 32.7 Å². The fourth-order valence-electron chi connectivity index (χ4n) is 3.62. The average molecular weight is 425 g/mol. The van der Waals surface area contributed by atoms with E-state index < -0.39 is 0 Å². The maximum Gasteiger partial charge on any atom is 0.326 e. The summed E-state index contributed by atoms with van der Waals surface area (Å²) in [6.45, 7) is 9.24. The summed E-state index contributed by atoms with van der Waals surface area (Å²) < 4.78 is 5.99. The molecule has 1 aliphatic heterocycles. The maximum atomic E-state index is 6.64. The fraction of sp³-hybridized carbons (Fsp3) is 0.318. The first-order chi connectivity index (χ1) is 14.5. The molecule has 156 valence electrons. The minimum Gasteiger partial charge on any atom is -0.423 e. The van der Waals surface area contributed by atoms with Crippen LogP contribution in [0.4, 0.5) is 5.82 Å². The summed E-state index contributed by atoms with van der Waals surface area (Å²) in [6.07, 6.45) is 8.80. The molecule has 0 aliphatic carbocycles. The Kier molecular flexibility index (Phi) is 5.74. The lowest BCUT2D eigenvalue weighted by Gasteiger charge is -2.18. The van der Waals surface area contributed by atoms with Crippen molar-refractivity contribution in [3.8, 4) is 11.8 Å². The van der Waals surface area contributed by atoms with Gasteiger partial charge in [0.1, 0.15) is 17.2 Å². The Morgan fingerprint density at radius 1 is 1.43 bits per heavy atom. The zero-order chi connectivity index (χ0) is 21.3. The summed E-state index contributed by atoms with van der Waals surface area (Å²) in [4.78, 5) is 19.2. The monoisotopic (exact) mass is 424 g/mol. The second-order valence-electron chi connectivity index (χ2n) is 7.39. The van der Waals surface area contributed by atoms with Crippen LogP contribution < -0.4 is 15.4 Å². The predicted octanol–water partition coefficient (Wildman–Crippen LogP) is 4.41. The summed E-state index contributed by atoms with van der Waals surface area (Å²) >= 11 is 6.64. The van der Waals surface area contributed by atoms with Crippen molar-refractivity contribution < 1.29 is 4.74 Å². The van der Waals surface area contributed by atoms with Crippen LogP contribution in [0.3, 0.4) is 0 Å². The van der Waals surface area contributed by atoms with E-state index in [2.05, 4.69) is 26.4 Å². The van der Waals surface area contributed by atoms with Crippen molar-refractivity contribution in [1.29, 1.82) is 0 Å². The molecule has 0 unspecified atom stereocenters. The van der Waals surface area contributed by atoms with Gasteiger partial charge in [-0.05, 0) is 37.5 Å². The molecular formula is C22H25ClN6O. The summed E-state index contributed by atoms with van der Waals surface area (Å²) in [6, 6.07) is 2.27. The Balaban J connectivity index is 1.73. The molecule has 4 rings (SSSR count). The first kappa shape index (κ1) is 20.4. The Labute approximate surface area is 180 Å². The van der Waals surface area contributed by atoms with Gasteiger partial charge < -0.3 is 20.4 Å². The SMILES string of the molecule is C=C/C=C\c1ncc(Oc2nc(N3CC[C@@H](N)C3)c3c(Cl)c(CC)[nH]c3n2)cc1C. The van der Waals surface area contributed by atoms with Gasteiger partial charge in [-0.15, -0.1) is 0 Å². The van der Waals surface area contributed by atoms with E-state index in [-0.39, 0.29) is 12.1 Å². The Morgan fingerprint density at radius 3 is 2.93 bits per heavy atom. The molecule has 1 atom stereocenters. The molecule has 1 aliphatic rings. The van der Waals surface area contributed by atoms with Crippen molar-refractivity contribution in [3.05, 3.63) is 53.0 Å². The van der Waals surface area contributed by atoms with Gasteiger partial charge in [-0.2, -0.15) is 9.97 Å². The van der Waals surface area contributed by atoms with Crippen molar-refractivity contribution in [3.63, 3.8) is 0 Å². The second kappa shape index (κ2) is 8.45. The van der Waals surface area contributed by atoms with E-state index in [4.69, 9.17) is 27.1 Å². The normalized spacial score (nSPS) is 16.7. The zero-order valence-electron chi connectivity index (χ0n) is 17.2. The van der Waals surface area contributed by atoms with E-state index in [1.54, 1.807) is 12.3 Å². The molecule has 0 radical (unpaired) electrons. The van der Waals surface area contributed by atoms with Crippen LogP contribution in [-0.4, -0.2) is 39.1 Å². The van der Waals surface area contributed by atoms with Crippen molar-refractivity contribution >= 4 is 34.5 Å². The molecule has 1 saturated heterocycles. The number of pyridine rings is 1. The van der Waals surface area contributed by atoms with E-state index in [1.165, 1.54) is 0 Å². The highest BCUT2D eigenvalue weighted by Gasteiger charge is 2.26. The number of aromatic amines is 1. The third-order valence-electron chi connectivity index (χ3n) is 5.19. The van der Waals surface area contributed by atoms with Crippen LogP contribution >= 0.6 is 11.6 Å². The highest BCUT2D eigenvalue weighted by molar-refractivity contribution is 6.37. The van der Waals surface area contributed by atoms with Gasteiger partial charge in [0.2, 0.25) is 0 Å². The van der Waals surface area contributed by atoms with Crippen LogP contribution in [-0.2, 0) is 6.42 Å². The topological polar surface area (TPSA) is 93.0 Å². The number of rotatable bonds is 6. The summed E-state index contributed by atoms with van der Waals surface area (Å²) in [7, 11) is 0. The minimum atomic E-state index is 0.116. The van der Waals surface area contributed by atoms with Gasteiger partial charge in [-0.3, -0.25) is 4.98 Å². The first-order valence-corrected chi connectivity index (χ1v) is 10.4. The van der Waals surface area contributed by atoms with E-state index in [1.807, 2.05) is 32.1 Å². The summed E-state index contributed by atoms with van der Waals surface area (Å²) in [5, 5.41) is 1.47. The van der Waals surface area contributed by atoms with Crippen LogP contribution in [0.2, 0.25) is 5.02 Å². The predicted molar refractivity (Wildman–Crippen MR) is 121 cm³/mol. The van der Waals surface area contributed by atoms with Gasteiger partial charge in [0, 0.05) is 24.8 Å². The number of nitrogens with two attached hydrogens (primary N) is 1. The van der Waals surface area contributed by atoms with Crippen LogP contribution in [0.1, 0.15) is 30.3 Å². The minimum absolute atomic E-state index is 0.116. The average Bonchev–Trinajstić information content (AvgIpc) is 3.30. The standard InChI is InChI=1S/C22H25ClN6O/c1-4-6-7-17-13(3)10-15(11-25-17)30-22-27-20-18(19(23)16(5-2)26-20)21(28-22)29-9-8-14(24)12-29/h4,6-7,10-11,14H,1,5,8-9,12,24H2,2-3H3,(H,26,27,28)/b7-6-/t14-/m1/s1. The number of hydrogen-bond donors (Lipinski definition) is 2. The molecule has 0 spiro atoms. The van der Waals surface area contributed by atoms with Crippen molar-refractivity contribution in [2.75, 3.05) is 18.0 Å². The zero-order valence-corrected chi connectivity index (χ0v) is 17.9. The Morgan fingerprint density at radius 2 is 2.27 bits per heavy atom. The molecule has 3 aromatic rings. The highest BCUT2D eigenvalue weighted by Crippen LogP contribution is 2.36. The number of anilines is 1. The Hall–Kier alpha value is -2.90. The van der Waals surface area contributed by atoms with Crippen molar-refractivity contribution in [2.24, 2.45) is 5.73 Å². The third-order valence-corrected chi connectivity index (χ3v) is 5.61. The molecule has 0 aromatic carbocycles. The van der Waals surface area contributed by atoms with Gasteiger partial charge in [0.25, 0.3) is 0 Å². The Bertz CT molecular complexity index is 1120. The summed E-state index contributed by atoms with van der Waals surface area (Å²) in [5.74, 6) is 1.32. The lowest BCUT2D eigenvalue weighted by atomic mass is 10.2. The molecule has 0 bridgehead atoms. The van der Waals surface area contributed by atoms with Crippen molar-refractivity contribution in [1.82, 2.24) is 19.9 Å². The molecule has 1 fully saturated rings. The first-order valence-electron chi connectivity index (χ1n) is 10.0. The lowest BCUT2D eigenvalue weighted by molar-refractivity contribution is 0.441. The van der Waals surface area contributed by atoms with E-state index in [9.17, 15) is 0 Å². The van der Waals surface area contributed by atoms with Gasteiger partial charge in [0.05, 0.1) is 22.3 Å². The number of fused-ring (bicyclic) bond motifs is 1. The number of nitrogens with one attached hydrogen (secondary N) is 1. The number of H-pyrrole nitrogens is 1. The molecule has 4 heterocycles. The van der Waals surface area contributed by atoms with Gasteiger partial charge >= 0.3 is 6.01 Å². The second-order valence-corrected chi connectivity index (χ2v) is 7.77. The molecule has 8 heteroatoms. The number of halogens is 1. The number of ether oxygens (including phenoxy) is 1. The smallest absolute Gasteiger partial charge is 0.326 e. The quantitative estimate of drug-likeness (QED) is 0.569. The van der Waals surface area contributed by atoms with Crippen LogP contribution in [0.25, 0.3) is 17.1 Å². The van der Waals surface area contributed by atoms with Gasteiger partial charge in [-0.25, -0.2) is 0 Å².